The first kappa shape index (κ1) is 13.2. The summed E-state index contributed by atoms with van der Waals surface area (Å²) in [5, 5.41) is 2.05. The van der Waals surface area contributed by atoms with Crippen molar-refractivity contribution in [2.24, 2.45) is 5.84 Å². The molecule has 0 saturated heterocycles. The normalized spacial score (nSPS) is 12.7. The summed E-state index contributed by atoms with van der Waals surface area (Å²) in [5.41, 5.74) is 5.24. The van der Waals surface area contributed by atoms with Crippen LogP contribution in [0.5, 0.6) is 0 Å². The van der Waals surface area contributed by atoms with E-state index in [-0.39, 0.29) is 6.04 Å². The molecule has 1 atom stereocenters. The van der Waals surface area contributed by atoms with E-state index in [0.29, 0.717) is 0 Å². The highest BCUT2D eigenvalue weighted by Gasteiger charge is 2.18. The first-order valence-electron chi connectivity index (χ1n) is 5.08. The molecule has 0 aliphatic rings. The zero-order valence-corrected chi connectivity index (χ0v) is 13.2. The van der Waals surface area contributed by atoms with E-state index in [1.165, 1.54) is 10.4 Å². The Bertz CT molecular complexity index is 525. The van der Waals surface area contributed by atoms with Gasteiger partial charge in [0.25, 0.3) is 0 Å². The maximum Gasteiger partial charge on any atom is 0.0824 e. The number of hydrogen-bond donors (Lipinski definition) is 2. The van der Waals surface area contributed by atoms with Crippen LogP contribution >= 0.6 is 43.2 Å². The molecule has 0 spiro atoms. The Morgan fingerprint density at radius 2 is 2.00 bits per heavy atom. The zero-order valence-electron chi connectivity index (χ0n) is 9.21. The molecule has 1 aromatic carbocycles. The Labute approximate surface area is 121 Å². The summed E-state index contributed by atoms with van der Waals surface area (Å²) in [4.78, 5) is 1.18. The van der Waals surface area contributed by atoms with E-state index in [4.69, 9.17) is 5.84 Å². The second-order valence-corrected chi connectivity index (χ2v) is 6.41. The van der Waals surface area contributed by atoms with Crippen molar-refractivity contribution in [3.63, 3.8) is 0 Å². The summed E-state index contributed by atoms with van der Waals surface area (Å²) in [6.45, 7) is 2.07. The van der Waals surface area contributed by atoms with Gasteiger partial charge in [-0.15, -0.1) is 11.3 Å². The van der Waals surface area contributed by atoms with Crippen LogP contribution in [0.3, 0.4) is 0 Å². The summed E-state index contributed by atoms with van der Waals surface area (Å²) in [7, 11) is 0. The molecule has 0 amide bonds. The first-order chi connectivity index (χ1) is 8.13. The van der Waals surface area contributed by atoms with E-state index in [0.717, 1.165) is 14.5 Å². The van der Waals surface area contributed by atoms with Gasteiger partial charge in [0, 0.05) is 13.8 Å². The predicted octanol–water partition coefficient (Wildman–Crippen LogP) is 4.13. The number of nitrogens with one attached hydrogen (secondary N) is 1. The molecule has 3 N–H and O–H groups in total. The van der Waals surface area contributed by atoms with Gasteiger partial charge in [-0.1, -0.05) is 28.1 Å². The largest absolute Gasteiger partial charge is 0.271 e. The molecule has 0 radical (unpaired) electrons. The topological polar surface area (TPSA) is 38.0 Å². The number of hydrogen-bond acceptors (Lipinski definition) is 3. The van der Waals surface area contributed by atoms with E-state index >= 15 is 0 Å². The van der Waals surface area contributed by atoms with Gasteiger partial charge in [-0.3, -0.25) is 5.84 Å². The van der Waals surface area contributed by atoms with Crippen molar-refractivity contribution in [1.82, 2.24) is 5.43 Å². The second kappa shape index (κ2) is 5.63. The van der Waals surface area contributed by atoms with Crippen LogP contribution < -0.4 is 11.3 Å². The van der Waals surface area contributed by atoms with Crippen LogP contribution in [0.1, 0.15) is 22.0 Å². The number of aryl methyl sites for hydroxylation is 1. The van der Waals surface area contributed by atoms with Gasteiger partial charge in [-0.05, 0) is 51.5 Å². The van der Waals surface area contributed by atoms with Crippen molar-refractivity contribution in [3.8, 4) is 0 Å². The van der Waals surface area contributed by atoms with Gasteiger partial charge in [0.2, 0.25) is 0 Å². The van der Waals surface area contributed by atoms with Crippen LogP contribution in [0.2, 0.25) is 0 Å². The molecular formula is C12H12Br2N2S. The van der Waals surface area contributed by atoms with Crippen LogP contribution in [0.4, 0.5) is 0 Å². The summed E-state index contributed by atoms with van der Waals surface area (Å²) in [5.74, 6) is 5.69. The van der Waals surface area contributed by atoms with Crippen LogP contribution in [0.25, 0.3) is 0 Å². The third-order valence-electron chi connectivity index (χ3n) is 2.54. The van der Waals surface area contributed by atoms with Gasteiger partial charge in [-0.25, -0.2) is 5.43 Å². The maximum atomic E-state index is 5.69. The van der Waals surface area contributed by atoms with Crippen molar-refractivity contribution >= 4 is 43.2 Å². The average Bonchev–Trinajstić information content (AvgIpc) is 2.69. The average molecular weight is 376 g/mol. The second-order valence-electron chi connectivity index (χ2n) is 3.76. The Kier molecular flexibility index (Phi) is 4.38. The molecule has 0 saturated carbocycles. The Morgan fingerprint density at radius 1 is 1.24 bits per heavy atom. The molecule has 0 aliphatic heterocycles. The minimum atomic E-state index is -0.000602. The Morgan fingerprint density at radius 3 is 2.53 bits per heavy atom. The van der Waals surface area contributed by atoms with Gasteiger partial charge in [0.1, 0.15) is 0 Å². The molecule has 2 aromatic rings. The van der Waals surface area contributed by atoms with Gasteiger partial charge in [0.05, 0.1) is 6.04 Å². The lowest BCUT2D eigenvalue weighted by Crippen LogP contribution is -2.28. The fourth-order valence-corrected chi connectivity index (χ4v) is 4.09. The van der Waals surface area contributed by atoms with Crippen LogP contribution in [0, 0.1) is 6.92 Å². The van der Waals surface area contributed by atoms with E-state index in [1.54, 1.807) is 11.3 Å². The summed E-state index contributed by atoms with van der Waals surface area (Å²) in [6.07, 6.45) is 0. The fourth-order valence-electron chi connectivity index (χ4n) is 1.68. The molecule has 5 heteroatoms. The third kappa shape index (κ3) is 2.80. The van der Waals surface area contributed by atoms with Crippen molar-refractivity contribution in [2.45, 2.75) is 13.0 Å². The number of nitrogens with two attached hydrogens (primary N) is 1. The molecule has 17 heavy (non-hydrogen) atoms. The van der Waals surface area contributed by atoms with Gasteiger partial charge in [0.15, 0.2) is 0 Å². The van der Waals surface area contributed by atoms with E-state index < -0.39 is 0 Å². The molecule has 2 rings (SSSR count). The first-order valence-corrected chi connectivity index (χ1v) is 7.55. The molecule has 90 valence electrons. The lowest BCUT2D eigenvalue weighted by molar-refractivity contribution is 0.642. The predicted molar refractivity (Wildman–Crippen MR) is 80.1 cm³/mol. The number of halogens is 2. The van der Waals surface area contributed by atoms with Gasteiger partial charge >= 0.3 is 0 Å². The smallest absolute Gasteiger partial charge is 0.0824 e. The highest BCUT2D eigenvalue weighted by molar-refractivity contribution is 9.10. The quantitative estimate of drug-likeness (QED) is 0.625. The monoisotopic (exact) mass is 374 g/mol. The van der Waals surface area contributed by atoms with Crippen LogP contribution in [-0.2, 0) is 0 Å². The number of benzene rings is 1. The Balaban J connectivity index is 2.46. The maximum absolute atomic E-state index is 5.69. The summed E-state index contributed by atoms with van der Waals surface area (Å²) >= 11 is 8.82. The number of hydrazine groups is 1. The molecule has 0 aliphatic carbocycles. The lowest BCUT2D eigenvalue weighted by atomic mass is 10.0. The highest BCUT2D eigenvalue weighted by atomic mass is 79.9. The third-order valence-corrected chi connectivity index (χ3v) is 5.16. The minimum absolute atomic E-state index is 0.000602. The molecule has 1 heterocycles. The Hall–Kier alpha value is -0.200. The van der Waals surface area contributed by atoms with Gasteiger partial charge in [-0.2, -0.15) is 0 Å². The highest BCUT2D eigenvalue weighted by Crippen LogP contribution is 2.35. The van der Waals surface area contributed by atoms with Gasteiger partial charge < -0.3 is 0 Å². The standard InChI is InChI=1S/C12H12Br2N2S/c1-7-2-3-8(10(14)6-7)11(16-15)12-9(13)4-5-17-12/h2-6,11,16H,15H2,1H3. The van der Waals surface area contributed by atoms with Crippen molar-refractivity contribution in [3.05, 3.63) is 54.6 Å². The van der Waals surface area contributed by atoms with Crippen LogP contribution in [-0.4, -0.2) is 0 Å². The SMILES string of the molecule is Cc1ccc(C(NN)c2sccc2Br)c(Br)c1. The van der Waals surface area contributed by atoms with Crippen LogP contribution in [0.15, 0.2) is 38.6 Å². The van der Waals surface area contributed by atoms with E-state index in [1.807, 2.05) is 11.4 Å². The molecule has 1 aromatic heterocycles. The summed E-state index contributed by atoms with van der Waals surface area (Å²) in [6, 6.07) is 8.31. The zero-order chi connectivity index (χ0) is 12.4. The molecule has 0 fully saturated rings. The van der Waals surface area contributed by atoms with Crippen molar-refractivity contribution in [2.75, 3.05) is 0 Å². The molecule has 1 unspecified atom stereocenters. The fraction of sp³-hybridized carbons (Fsp3) is 0.167. The van der Waals surface area contributed by atoms with E-state index in [2.05, 4.69) is 62.4 Å². The minimum Gasteiger partial charge on any atom is -0.271 e. The number of thiophene rings is 1. The lowest BCUT2D eigenvalue weighted by Gasteiger charge is -2.17. The molecular weight excluding hydrogens is 364 g/mol. The molecule has 2 nitrogen and oxygen atoms in total. The van der Waals surface area contributed by atoms with E-state index in [9.17, 15) is 0 Å². The summed E-state index contributed by atoms with van der Waals surface area (Å²) < 4.78 is 2.15. The van der Waals surface area contributed by atoms with Crippen molar-refractivity contribution < 1.29 is 0 Å². The number of rotatable bonds is 3. The molecule has 0 bridgehead atoms. The van der Waals surface area contributed by atoms with Crippen molar-refractivity contribution in [1.29, 1.82) is 0 Å².